The fourth-order valence-electron chi connectivity index (χ4n) is 3.46. The van der Waals surface area contributed by atoms with Gasteiger partial charge in [0.1, 0.15) is 12.4 Å². The van der Waals surface area contributed by atoms with Gasteiger partial charge in [0.05, 0.1) is 13.2 Å². The molecule has 0 aliphatic carbocycles. The minimum absolute atomic E-state index is 0.234. The third-order valence-electron chi connectivity index (χ3n) is 5.14. The van der Waals surface area contributed by atoms with Crippen molar-refractivity contribution in [3.05, 3.63) is 59.7 Å². The summed E-state index contributed by atoms with van der Waals surface area (Å²) in [6.07, 6.45) is 0.311. The van der Waals surface area contributed by atoms with Crippen molar-refractivity contribution in [1.82, 2.24) is 10.2 Å². The van der Waals surface area contributed by atoms with E-state index in [1.807, 2.05) is 24.3 Å². The van der Waals surface area contributed by atoms with Crippen molar-refractivity contribution in [3.63, 3.8) is 0 Å². The van der Waals surface area contributed by atoms with Gasteiger partial charge in [-0.15, -0.1) is 0 Å². The summed E-state index contributed by atoms with van der Waals surface area (Å²) in [4.78, 5) is 27.1. The SMILES string of the molecule is O=C1CCN(c2ccc(OCc3ccc(CN4CCOCC4)cc3)cc2)C(=O)N1. The molecule has 2 aliphatic rings. The number of benzene rings is 2. The Morgan fingerprint density at radius 3 is 2.28 bits per heavy atom. The number of anilines is 1. The molecule has 152 valence electrons. The number of morpholine rings is 1. The van der Waals surface area contributed by atoms with Crippen LogP contribution in [0, 0.1) is 0 Å². The summed E-state index contributed by atoms with van der Waals surface area (Å²) in [7, 11) is 0. The van der Waals surface area contributed by atoms with Gasteiger partial charge in [-0.05, 0) is 35.4 Å². The van der Waals surface area contributed by atoms with E-state index in [2.05, 4.69) is 34.5 Å². The number of carbonyl (C=O) groups is 2. The molecule has 4 rings (SSSR count). The second kappa shape index (κ2) is 9.07. The highest BCUT2D eigenvalue weighted by molar-refractivity contribution is 6.05. The van der Waals surface area contributed by atoms with Gasteiger partial charge >= 0.3 is 6.03 Å². The Morgan fingerprint density at radius 1 is 0.897 bits per heavy atom. The van der Waals surface area contributed by atoms with Gasteiger partial charge in [-0.25, -0.2) is 4.79 Å². The van der Waals surface area contributed by atoms with Crippen molar-refractivity contribution in [3.8, 4) is 5.75 Å². The molecule has 7 heteroatoms. The third kappa shape index (κ3) is 5.13. The highest BCUT2D eigenvalue weighted by Crippen LogP contribution is 2.22. The normalized spacial score (nSPS) is 17.9. The van der Waals surface area contributed by atoms with Crippen LogP contribution in [0.4, 0.5) is 10.5 Å². The fraction of sp³-hybridized carbons (Fsp3) is 0.364. The van der Waals surface area contributed by atoms with E-state index in [-0.39, 0.29) is 11.9 Å². The summed E-state index contributed by atoms with van der Waals surface area (Å²) in [6.45, 7) is 5.40. The molecule has 2 saturated heterocycles. The van der Waals surface area contributed by atoms with Crippen molar-refractivity contribution in [2.75, 3.05) is 37.7 Å². The zero-order valence-electron chi connectivity index (χ0n) is 16.3. The molecule has 1 N–H and O–H groups in total. The van der Waals surface area contributed by atoms with Gasteiger partial charge in [0.15, 0.2) is 0 Å². The Hall–Kier alpha value is -2.90. The van der Waals surface area contributed by atoms with Crippen LogP contribution in [0.5, 0.6) is 5.75 Å². The zero-order chi connectivity index (χ0) is 20.1. The third-order valence-corrected chi connectivity index (χ3v) is 5.14. The molecular weight excluding hydrogens is 370 g/mol. The Balaban J connectivity index is 1.28. The Bertz CT molecular complexity index is 845. The number of nitrogens with zero attached hydrogens (tertiary/aromatic N) is 2. The lowest BCUT2D eigenvalue weighted by molar-refractivity contribution is -0.120. The van der Waals surface area contributed by atoms with E-state index in [0.29, 0.717) is 19.6 Å². The number of rotatable bonds is 6. The van der Waals surface area contributed by atoms with Crippen LogP contribution in [-0.2, 0) is 22.7 Å². The number of nitrogens with one attached hydrogen (secondary N) is 1. The van der Waals surface area contributed by atoms with Crippen molar-refractivity contribution in [1.29, 1.82) is 0 Å². The van der Waals surface area contributed by atoms with Crippen LogP contribution in [0.2, 0.25) is 0 Å². The lowest BCUT2D eigenvalue weighted by Gasteiger charge is -2.26. The van der Waals surface area contributed by atoms with E-state index in [4.69, 9.17) is 9.47 Å². The van der Waals surface area contributed by atoms with Gasteiger partial charge in [-0.2, -0.15) is 0 Å². The molecule has 2 aromatic carbocycles. The topological polar surface area (TPSA) is 71.1 Å². The molecule has 3 amide bonds. The first-order valence-corrected chi connectivity index (χ1v) is 9.89. The second-order valence-electron chi connectivity index (χ2n) is 7.24. The lowest BCUT2D eigenvalue weighted by atomic mass is 10.1. The van der Waals surface area contributed by atoms with E-state index in [1.54, 1.807) is 4.90 Å². The molecular formula is C22H25N3O4. The highest BCUT2D eigenvalue weighted by atomic mass is 16.5. The molecule has 0 unspecified atom stereocenters. The minimum Gasteiger partial charge on any atom is -0.489 e. The van der Waals surface area contributed by atoms with Crippen molar-refractivity contribution >= 4 is 17.6 Å². The number of carbonyl (C=O) groups excluding carboxylic acids is 2. The maximum Gasteiger partial charge on any atom is 0.328 e. The van der Waals surface area contributed by atoms with E-state index in [0.717, 1.165) is 49.8 Å². The molecule has 2 aliphatic heterocycles. The van der Waals surface area contributed by atoms with Crippen molar-refractivity contribution in [2.24, 2.45) is 0 Å². The van der Waals surface area contributed by atoms with Crippen LogP contribution in [0.3, 0.4) is 0 Å². The largest absolute Gasteiger partial charge is 0.489 e. The predicted octanol–water partition coefficient (Wildman–Crippen LogP) is 2.54. The standard InChI is InChI=1S/C22H25N3O4/c26-21-9-10-25(22(27)23-21)19-5-7-20(8-6-19)29-16-18-3-1-17(2-4-18)15-24-11-13-28-14-12-24/h1-8H,9-16H2,(H,23,26,27). The molecule has 2 heterocycles. The number of hydrogen-bond acceptors (Lipinski definition) is 5. The molecule has 0 radical (unpaired) electrons. The Morgan fingerprint density at radius 2 is 1.59 bits per heavy atom. The molecule has 0 bridgehead atoms. The van der Waals surface area contributed by atoms with E-state index in [9.17, 15) is 9.59 Å². The lowest BCUT2D eigenvalue weighted by Crippen LogP contribution is -2.49. The second-order valence-corrected chi connectivity index (χ2v) is 7.24. The van der Waals surface area contributed by atoms with E-state index in [1.165, 1.54) is 5.56 Å². The summed E-state index contributed by atoms with van der Waals surface area (Å²) < 4.78 is 11.3. The highest BCUT2D eigenvalue weighted by Gasteiger charge is 2.24. The Kier molecular flexibility index (Phi) is 6.07. The molecule has 0 spiro atoms. The maximum absolute atomic E-state index is 11.9. The molecule has 0 atom stereocenters. The summed E-state index contributed by atoms with van der Waals surface area (Å²) in [5.41, 5.74) is 3.14. The molecule has 0 saturated carbocycles. The monoisotopic (exact) mass is 395 g/mol. The van der Waals surface area contributed by atoms with Crippen LogP contribution in [0.25, 0.3) is 0 Å². The van der Waals surface area contributed by atoms with Crippen LogP contribution < -0.4 is 15.0 Å². The van der Waals surface area contributed by atoms with Gasteiger partial charge in [0.25, 0.3) is 0 Å². The van der Waals surface area contributed by atoms with Gasteiger partial charge in [0, 0.05) is 38.3 Å². The molecule has 7 nitrogen and oxygen atoms in total. The first-order valence-electron chi connectivity index (χ1n) is 9.89. The molecule has 0 aromatic heterocycles. The molecule has 29 heavy (non-hydrogen) atoms. The number of amides is 3. The summed E-state index contributed by atoms with van der Waals surface area (Å²) in [5, 5.41) is 2.33. The smallest absolute Gasteiger partial charge is 0.328 e. The van der Waals surface area contributed by atoms with Crippen molar-refractivity contribution < 1.29 is 19.1 Å². The zero-order valence-corrected chi connectivity index (χ0v) is 16.3. The van der Waals surface area contributed by atoms with Crippen LogP contribution >= 0.6 is 0 Å². The summed E-state index contributed by atoms with van der Waals surface area (Å²) >= 11 is 0. The van der Waals surface area contributed by atoms with E-state index < -0.39 is 0 Å². The number of ether oxygens (including phenoxy) is 2. The Labute approximate surface area is 170 Å². The fourth-order valence-corrected chi connectivity index (χ4v) is 3.46. The number of urea groups is 1. The van der Waals surface area contributed by atoms with Crippen molar-refractivity contribution in [2.45, 2.75) is 19.6 Å². The van der Waals surface area contributed by atoms with Gasteiger partial charge in [0.2, 0.25) is 5.91 Å². The number of hydrogen-bond donors (Lipinski definition) is 1. The van der Waals surface area contributed by atoms with Crippen LogP contribution in [0.15, 0.2) is 48.5 Å². The average Bonchev–Trinajstić information content (AvgIpc) is 2.75. The first kappa shape index (κ1) is 19.4. The van der Waals surface area contributed by atoms with Gasteiger partial charge in [-0.3, -0.25) is 19.9 Å². The molecule has 2 fully saturated rings. The summed E-state index contributed by atoms with van der Waals surface area (Å²) in [5.74, 6) is 0.502. The summed E-state index contributed by atoms with van der Waals surface area (Å²) in [6, 6.07) is 15.4. The average molecular weight is 395 g/mol. The first-order chi connectivity index (χ1) is 14.2. The van der Waals surface area contributed by atoms with Gasteiger partial charge in [-0.1, -0.05) is 24.3 Å². The van der Waals surface area contributed by atoms with E-state index >= 15 is 0 Å². The predicted molar refractivity (Wildman–Crippen MR) is 109 cm³/mol. The van der Waals surface area contributed by atoms with Crippen LogP contribution in [-0.4, -0.2) is 49.7 Å². The quantitative estimate of drug-likeness (QED) is 0.814. The van der Waals surface area contributed by atoms with Crippen LogP contribution in [0.1, 0.15) is 17.5 Å². The minimum atomic E-state index is -0.382. The number of imide groups is 1. The molecule has 2 aromatic rings. The maximum atomic E-state index is 11.9. The van der Waals surface area contributed by atoms with Gasteiger partial charge < -0.3 is 9.47 Å².